The van der Waals surface area contributed by atoms with Gasteiger partial charge in [0.1, 0.15) is 11.6 Å². The third-order valence-electron chi connectivity index (χ3n) is 2.14. The van der Waals surface area contributed by atoms with Gasteiger partial charge < -0.3 is 4.74 Å². The van der Waals surface area contributed by atoms with E-state index < -0.39 is 5.82 Å². The van der Waals surface area contributed by atoms with E-state index in [0.717, 1.165) is 19.3 Å². The Labute approximate surface area is 89.1 Å². The zero-order chi connectivity index (χ0) is 11.1. The molecule has 15 heavy (non-hydrogen) atoms. The zero-order valence-electron chi connectivity index (χ0n) is 8.83. The predicted octanol–water partition coefficient (Wildman–Crippen LogP) is 3.21. The molecule has 0 N–H and O–H groups in total. The number of hydrogen-bond donors (Lipinski definition) is 0. The van der Waals surface area contributed by atoms with Crippen LogP contribution in [0.15, 0.2) is 18.2 Å². The summed E-state index contributed by atoms with van der Waals surface area (Å²) in [4.78, 5) is 10.6. The van der Waals surface area contributed by atoms with Crippen molar-refractivity contribution < 1.29 is 13.9 Å². The van der Waals surface area contributed by atoms with Gasteiger partial charge in [0.15, 0.2) is 6.29 Å². The van der Waals surface area contributed by atoms with Gasteiger partial charge >= 0.3 is 0 Å². The van der Waals surface area contributed by atoms with E-state index in [1.165, 1.54) is 12.1 Å². The molecule has 0 heterocycles. The molecule has 0 unspecified atom stereocenters. The summed E-state index contributed by atoms with van der Waals surface area (Å²) in [6.45, 7) is 2.62. The van der Waals surface area contributed by atoms with Crippen LogP contribution in [0.1, 0.15) is 36.5 Å². The van der Waals surface area contributed by atoms with Crippen molar-refractivity contribution in [1.29, 1.82) is 0 Å². The predicted molar refractivity (Wildman–Crippen MR) is 56.8 cm³/mol. The Bertz CT molecular complexity index is 323. The molecule has 82 valence electrons. The lowest BCUT2D eigenvalue weighted by Gasteiger charge is -2.08. The first-order chi connectivity index (χ1) is 7.29. The van der Waals surface area contributed by atoms with E-state index in [-0.39, 0.29) is 5.56 Å². The van der Waals surface area contributed by atoms with E-state index >= 15 is 0 Å². The number of unbranched alkanes of at least 4 members (excludes halogenated alkanes) is 2. The molecular weight excluding hydrogens is 195 g/mol. The van der Waals surface area contributed by atoms with Gasteiger partial charge in [-0.15, -0.1) is 0 Å². The largest absolute Gasteiger partial charge is 0.493 e. The molecule has 0 fully saturated rings. The third kappa shape index (κ3) is 3.35. The fourth-order valence-electron chi connectivity index (χ4n) is 1.29. The molecule has 0 aliphatic carbocycles. The first-order valence-corrected chi connectivity index (χ1v) is 5.16. The normalized spacial score (nSPS) is 10.0. The lowest BCUT2D eigenvalue weighted by Crippen LogP contribution is -2.01. The van der Waals surface area contributed by atoms with Crippen molar-refractivity contribution >= 4 is 6.29 Å². The quantitative estimate of drug-likeness (QED) is 0.532. The van der Waals surface area contributed by atoms with E-state index in [1.807, 2.05) is 0 Å². The maximum atomic E-state index is 13.1. The zero-order valence-corrected chi connectivity index (χ0v) is 8.83. The van der Waals surface area contributed by atoms with Gasteiger partial charge in [-0.2, -0.15) is 0 Å². The molecular formula is C12H15FO2. The third-order valence-corrected chi connectivity index (χ3v) is 2.14. The Morgan fingerprint density at radius 3 is 2.87 bits per heavy atom. The number of carbonyl (C=O) groups excluding carboxylic acids is 1. The minimum absolute atomic E-state index is 0.00833. The Morgan fingerprint density at radius 2 is 2.20 bits per heavy atom. The summed E-state index contributed by atoms with van der Waals surface area (Å²) < 4.78 is 18.5. The van der Waals surface area contributed by atoms with Crippen molar-refractivity contribution in [3.63, 3.8) is 0 Å². The van der Waals surface area contributed by atoms with Crippen LogP contribution in [0.3, 0.4) is 0 Å². The fourth-order valence-corrected chi connectivity index (χ4v) is 1.29. The van der Waals surface area contributed by atoms with E-state index in [1.54, 1.807) is 6.07 Å². The average Bonchev–Trinajstić information content (AvgIpc) is 2.24. The number of halogens is 1. The van der Waals surface area contributed by atoms with Crippen molar-refractivity contribution in [2.75, 3.05) is 6.61 Å². The molecule has 0 aliphatic heterocycles. The molecule has 0 atom stereocenters. The fraction of sp³-hybridized carbons (Fsp3) is 0.417. The van der Waals surface area contributed by atoms with Gasteiger partial charge in [0, 0.05) is 0 Å². The highest BCUT2D eigenvalue weighted by Crippen LogP contribution is 2.19. The topological polar surface area (TPSA) is 26.3 Å². The molecule has 2 nitrogen and oxygen atoms in total. The van der Waals surface area contributed by atoms with Crippen LogP contribution in [0, 0.1) is 5.82 Å². The maximum Gasteiger partial charge on any atom is 0.156 e. The lowest BCUT2D eigenvalue weighted by molar-refractivity contribution is 0.111. The summed E-state index contributed by atoms with van der Waals surface area (Å²) in [5.41, 5.74) is 0.00833. The van der Waals surface area contributed by atoms with E-state index in [0.29, 0.717) is 18.6 Å². The second-order valence-corrected chi connectivity index (χ2v) is 3.33. The highest BCUT2D eigenvalue weighted by atomic mass is 19.1. The smallest absolute Gasteiger partial charge is 0.156 e. The summed E-state index contributed by atoms with van der Waals surface area (Å²) >= 11 is 0. The molecule has 0 saturated heterocycles. The minimum atomic E-state index is -0.530. The number of hydrogen-bond acceptors (Lipinski definition) is 2. The van der Waals surface area contributed by atoms with Crippen molar-refractivity contribution in [3.05, 3.63) is 29.6 Å². The molecule has 1 aromatic carbocycles. The molecule has 0 spiro atoms. The van der Waals surface area contributed by atoms with Crippen LogP contribution in [-0.4, -0.2) is 12.9 Å². The van der Waals surface area contributed by atoms with Crippen LogP contribution in [0.2, 0.25) is 0 Å². The number of aldehydes is 1. The first kappa shape index (κ1) is 11.7. The van der Waals surface area contributed by atoms with Crippen LogP contribution in [0.25, 0.3) is 0 Å². The van der Waals surface area contributed by atoms with Gasteiger partial charge in [-0.1, -0.05) is 25.8 Å². The molecule has 0 saturated carbocycles. The van der Waals surface area contributed by atoms with Crippen molar-refractivity contribution in [2.24, 2.45) is 0 Å². The van der Waals surface area contributed by atoms with E-state index in [4.69, 9.17) is 4.74 Å². The maximum absolute atomic E-state index is 13.1. The van der Waals surface area contributed by atoms with Crippen molar-refractivity contribution in [2.45, 2.75) is 26.2 Å². The Morgan fingerprint density at radius 1 is 1.40 bits per heavy atom. The van der Waals surface area contributed by atoms with Crippen LogP contribution in [-0.2, 0) is 0 Å². The molecule has 0 amide bonds. The summed E-state index contributed by atoms with van der Waals surface area (Å²) in [7, 11) is 0. The van der Waals surface area contributed by atoms with Gasteiger partial charge in [0.05, 0.1) is 12.2 Å². The molecule has 0 aliphatic rings. The second kappa shape index (κ2) is 6.17. The van der Waals surface area contributed by atoms with Crippen LogP contribution in [0.4, 0.5) is 4.39 Å². The molecule has 0 aromatic heterocycles. The molecule has 0 bridgehead atoms. The number of benzene rings is 1. The van der Waals surface area contributed by atoms with Crippen LogP contribution >= 0.6 is 0 Å². The van der Waals surface area contributed by atoms with Crippen LogP contribution < -0.4 is 4.74 Å². The second-order valence-electron chi connectivity index (χ2n) is 3.33. The lowest BCUT2D eigenvalue weighted by atomic mass is 10.2. The van der Waals surface area contributed by atoms with Gasteiger partial charge in [-0.25, -0.2) is 4.39 Å². The Hall–Kier alpha value is -1.38. The molecule has 1 aromatic rings. The highest BCUT2D eigenvalue weighted by molar-refractivity contribution is 5.79. The van der Waals surface area contributed by atoms with Gasteiger partial charge in [-0.05, 0) is 18.6 Å². The molecule has 0 radical (unpaired) electrons. The summed E-state index contributed by atoms with van der Waals surface area (Å²) in [6, 6.07) is 4.40. The average molecular weight is 210 g/mol. The van der Waals surface area contributed by atoms with E-state index in [9.17, 15) is 9.18 Å². The van der Waals surface area contributed by atoms with Crippen molar-refractivity contribution in [1.82, 2.24) is 0 Å². The van der Waals surface area contributed by atoms with E-state index in [2.05, 4.69) is 6.92 Å². The molecule has 3 heteroatoms. The highest BCUT2D eigenvalue weighted by Gasteiger charge is 2.07. The Kier molecular flexibility index (Phi) is 4.81. The van der Waals surface area contributed by atoms with Gasteiger partial charge in [-0.3, -0.25) is 4.79 Å². The van der Waals surface area contributed by atoms with Gasteiger partial charge in [0.2, 0.25) is 0 Å². The summed E-state index contributed by atoms with van der Waals surface area (Å²) in [6.07, 6.45) is 3.59. The van der Waals surface area contributed by atoms with Crippen molar-refractivity contribution in [3.8, 4) is 5.75 Å². The van der Waals surface area contributed by atoms with Gasteiger partial charge in [0.25, 0.3) is 0 Å². The number of ether oxygens (including phenoxy) is 1. The number of carbonyl (C=O) groups is 1. The molecule has 1 rings (SSSR count). The summed E-state index contributed by atoms with van der Waals surface area (Å²) in [5.74, 6) is -0.195. The standard InChI is InChI=1S/C12H15FO2/c1-2-3-4-8-15-12-7-5-6-11(13)10(12)9-14/h5-7,9H,2-4,8H2,1H3. The summed E-state index contributed by atoms with van der Waals surface area (Å²) in [5, 5.41) is 0. The number of rotatable bonds is 6. The first-order valence-electron chi connectivity index (χ1n) is 5.16. The monoisotopic (exact) mass is 210 g/mol. The minimum Gasteiger partial charge on any atom is -0.493 e. The SMILES string of the molecule is CCCCCOc1cccc(F)c1C=O. The Balaban J connectivity index is 2.60. The van der Waals surface area contributed by atoms with Crippen LogP contribution in [0.5, 0.6) is 5.75 Å².